The van der Waals surface area contributed by atoms with Crippen LogP contribution in [-0.2, 0) is 9.53 Å². The molecule has 0 heterocycles. The van der Waals surface area contributed by atoms with E-state index in [4.69, 9.17) is 4.74 Å². The smallest absolute Gasteiger partial charge is 0.305 e. The van der Waals surface area contributed by atoms with Crippen LogP contribution in [0.25, 0.3) is 0 Å². The van der Waals surface area contributed by atoms with Crippen LogP contribution in [0.4, 0.5) is 0 Å². The summed E-state index contributed by atoms with van der Waals surface area (Å²) in [6, 6.07) is 0. The third-order valence-electron chi connectivity index (χ3n) is 4.11. The van der Waals surface area contributed by atoms with Crippen LogP contribution < -0.4 is 0 Å². The average Bonchev–Trinajstić information content (AvgIpc) is 2.47. The molecule has 0 aromatic rings. The molecule has 1 saturated carbocycles. The van der Waals surface area contributed by atoms with Gasteiger partial charge in [0, 0.05) is 6.42 Å². The van der Waals surface area contributed by atoms with Crippen LogP contribution in [0, 0.1) is 11.8 Å². The number of aliphatic hydroxyl groups excluding tert-OH is 1. The highest BCUT2D eigenvalue weighted by molar-refractivity contribution is 5.69. The third-order valence-corrected chi connectivity index (χ3v) is 4.11. The lowest BCUT2D eigenvalue weighted by Crippen LogP contribution is -2.30. The summed E-state index contributed by atoms with van der Waals surface area (Å²) in [5.41, 5.74) is 1.11. The van der Waals surface area contributed by atoms with E-state index in [1.807, 2.05) is 38.2 Å². The lowest BCUT2D eigenvalue weighted by molar-refractivity contribution is -0.143. The summed E-state index contributed by atoms with van der Waals surface area (Å²) in [7, 11) is 0. The van der Waals surface area contributed by atoms with E-state index in [1.165, 1.54) is 0 Å². The molecule has 118 valence electrons. The van der Waals surface area contributed by atoms with Crippen LogP contribution in [-0.4, -0.2) is 23.8 Å². The lowest BCUT2D eigenvalue weighted by Gasteiger charge is -2.33. The van der Waals surface area contributed by atoms with E-state index in [9.17, 15) is 9.90 Å². The lowest BCUT2D eigenvalue weighted by atomic mass is 9.74. The monoisotopic (exact) mass is 292 g/mol. The molecule has 0 amide bonds. The van der Waals surface area contributed by atoms with Crippen LogP contribution in [0.15, 0.2) is 36.5 Å². The molecule has 0 saturated heterocycles. The Morgan fingerprint density at radius 2 is 2.14 bits per heavy atom. The first kappa shape index (κ1) is 17.7. The summed E-state index contributed by atoms with van der Waals surface area (Å²) in [5, 5.41) is 10.1. The Hall–Kier alpha value is -1.35. The number of aliphatic hydroxyl groups is 1. The van der Waals surface area contributed by atoms with Crippen molar-refractivity contribution in [1.82, 2.24) is 0 Å². The van der Waals surface area contributed by atoms with Gasteiger partial charge in [0.25, 0.3) is 0 Å². The van der Waals surface area contributed by atoms with E-state index >= 15 is 0 Å². The van der Waals surface area contributed by atoms with Crippen molar-refractivity contribution in [3.63, 3.8) is 0 Å². The maximum Gasteiger partial charge on any atom is 0.305 e. The summed E-state index contributed by atoms with van der Waals surface area (Å²) < 4.78 is 4.95. The van der Waals surface area contributed by atoms with Crippen LogP contribution in [0.3, 0.4) is 0 Å². The standard InChI is InChI=1S/C18H28O3/c1-4-6-7-8-14(3)15-9-11-17(19)16(13-15)10-12-18(20)21-5-2/h4,6-8,15-17,19H,3,5,9-13H2,1-2H3/b6-4-,8-7-/t15-,16?,17?/m0/s1. The number of esters is 1. The first-order valence-corrected chi connectivity index (χ1v) is 7.90. The molecule has 0 aromatic carbocycles. The molecule has 3 nitrogen and oxygen atoms in total. The molecule has 21 heavy (non-hydrogen) atoms. The number of rotatable bonds is 7. The zero-order valence-electron chi connectivity index (χ0n) is 13.3. The highest BCUT2D eigenvalue weighted by atomic mass is 16.5. The maximum atomic E-state index is 11.4. The summed E-state index contributed by atoms with van der Waals surface area (Å²) in [5.74, 6) is 0.403. The fourth-order valence-corrected chi connectivity index (χ4v) is 2.86. The maximum absolute atomic E-state index is 11.4. The Labute approximate surface area is 128 Å². The molecule has 3 heteroatoms. The minimum absolute atomic E-state index is 0.167. The molecule has 1 fully saturated rings. The Bertz CT molecular complexity index is 395. The van der Waals surface area contributed by atoms with Crippen LogP contribution >= 0.6 is 0 Å². The fraction of sp³-hybridized carbons (Fsp3) is 0.611. The summed E-state index contributed by atoms with van der Waals surface area (Å²) >= 11 is 0. The second-order valence-electron chi connectivity index (χ2n) is 5.64. The quantitative estimate of drug-likeness (QED) is 0.573. The van der Waals surface area contributed by atoms with Gasteiger partial charge in [0.2, 0.25) is 0 Å². The van der Waals surface area contributed by atoms with Crippen molar-refractivity contribution < 1.29 is 14.6 Å². The van der Waals surface area contributed by atoms with E-state index in [0.29, 0.717) is 25.4 Å². The van der Waals surface area contributed by atoms with Crippen molar-refractivity contribution in [2.45, 2.75) is 52.1 Å². The average molecular weight is 292 g/mol. The van der Waals surface area contributed by atoms with Crippen molar-refractivity contribution in [1.29, 1.82) is 0 Å². The Morgan fingerprint density at radius 3 is 2.81 bits per heavy atom. The van der Waals surface area contributed by atoms with Crippen LogP contribution in [0.1, 0.15) is 46.0 Å². The number of ether oxygens (including phenoxy) is 1. The molecule has 0 radical (unpaired) electrons. The molecule has 1 N–H and O–H groups in total. The topological polar surface area (TPSA) is 46.5 Å². The Kier molecular flexibility index (Phi) is 8.06. The Morgan fingerprint density at radius 1 is 1.38 bits per heavy atom. The van der Waals surface area contributed by atoms with Gasteiger partial charge in [-0.25, -0.2) is 0 Å². The summed E-state index contributed by atoms with van der Waals surface area (Å²) in [4.78, 5) is 11.4. The van der Waals surface area contributed by atoms with Gasteiger partial charge in [-0.2, -0.15) is 0 Å². The normalized spacial score (nSPS) is 26.3. The van der Waals surface area contributed by atoms with Gasteiger partial charge in [0.1, 0.15) is 0 Å². The largest absolute Gasteiger partial charge is 0.466 e. The number of hydrogen-bond donors (Lipinski definition) is 1. The molecule has 0 aromatic heterocycles. The summed E-state index contributed by atoms with van der Waals surface area (Å²) in [6.07, 6.45) is 11.5. The molecule has 1 rings (SSSR count). The first-order valence-electron chi connectivity index (χ1n) is 7.90. The van der Waals surface area contributed by atoms with Gasteiger partial charge in [0.05, 0.1) is 12.7 Å². The minimum atomic E-state index is -0.303. The molecule has 1 aliphatic rings. The second kappa shape index (κ2) is 9.56. The number of carbonyl (C=O) groups is 1. The molecule has 1 aliphatic carbocycles. The molecule has 0 spiro atoms. The van der Waals surface area contributed by atoms with Gasteiger partial charge in [-0.15, -0.1) is 0 Å². The third kappa shape index (κ3) is 6.30. The fourth-order valence-electron chi connectivity index (χ4n) is 2.86. The molecule has 0 aliphatic heterocycles. The number of hydrogen-bond acceptors (Lipinski definition) is 3. The molecular formula is C18H28O3. The number of allylic oxidation sites excluding steroid dienone is 5. The van der Waals surface area contributed by atoms with Crippen LogP contribution in [0.5, 0.6) is 0 Å². The van der Waals surface area contributed by atoms with E-state index in [-0.39, 0.29) is 18.0 Å². The second-order valence-corrected chi connectivity index (χ2v) is 5.64. The number of carbonyl (C=O) groups excluding carboxylic acids is 1. The van der Waals surface area contributed by atoms with E-state index in [1.54, 1.807) is 0 Å². The minimum Gasteiger partial charge on any atom is -0.466 e. The van der Waals surface area contributed by atoms with E-state index in [2.05, 4.69) is 6.58 Å². The zero-order chi connectivity index (χ0) is 15.7. The van der Waals surface area contributed by atoms with Crippen molar-refractivity contribution in [2.75, 3.05) is 6.61 Å². The van der Waals surface area contributed by atoms with Crippen molar-refractivity contribution in [3.8, 4) is 0 Å². The van der Waals surface area contributed by atoms with E-state index in [0.717, 1.165) is 24.8 Å². The van der Waals surface area contributed by atoms with Crippen molar-refractivity contribution in [2.24, 2.45) is 11.8 Å². The molecule has 3 atom stereocenters. The SMILES string of the molecule is C=C(/C=C\C=C/C)[C@H]1CCC(O)C(CCC(=O)OCC)C1. The van der Waals surface area contributed by atoms with Crippen molar-refractivity contribution in [3.05, 3.63) is 36.5 Å². The Balaban J connectivity index is 2.49. The predicted octanol–water partition coefficient (Wildman–Crippen LogP) is 3.80. The van der Waals surface area contributed by atoms with E-state index < -0.39 is 0 Å². The molecular weight excluding hydrogens is 264 g/mol. The van der Waals surface area contributed by atoms with Crippen molar-refractivity contribution >= 4 is 5.97 Å². The zero-order valence-corrected chi connectivity index (χ0v) is 13.3. The highest BCUT2D eigenvalue weighted by Gasteiger charge is 2.30. The van der Waals surface area contributed by atoms with Gasteiger partial charge in [-0.3, -0.25) is 4.79 Å². The van der Waals surface area contributed by atoms with Gasteiger partial charge in [0.15, 0.2) is 0 Å². The highest BCUT2D eigenvalue weighted by Crippen LogP contribution is 2.36. The molecule has 0 bridgehead atoms. The predicted molar refractivity (Wildman–Crippen MR) is 85.8 cm³/mol. The van der Waals surface area contributed by atoms with Crippen LogP contribution in [0.2, 0.25) is 0 Å². The summed E-state index contributed by atoms with van der Waals surface area (Å²) in [6.45, 7) is 8.35. The first-order chi connectivity index (χ1) is 10.1. The van der Waals surface area contributed by atoms with Gasteiger partial charge >= 0.3 is 5.97 Å². The molecule has 2 unspecified atom stereocenters. The van der Waals surface area contributed by atoms with Gasteiger partial charge < -0.3 is 9.84 Å². The van der Waals surface area contributed by atoms with Gasteiger partial charge in [-0.1, -0.05) is 36.5 Å². The van der Waals surface area contributed by atoms with Gasteiger partial charge in [-0.05, 0) is 51.4 Å².